The molecule has 3 nitrogen and oxygen atoms in total. The zero-order chi connectivity index (χ0) is 8.20. The molecule has 5 heteroatoms. The molecule has 62 valence electrons. The minimum atomic E-state index is -1.88. The predicted molar refractivity (Wildman–Crippen MR) is 47.5 cm³/mol. The van der Waals surface area contributed by atoms with Gasteiger partial charge >= 0.3 is 0 Å². The highest BCUT2D eigenvalue weighted by atomic mass is 31.2. The maximum atomic E-state index is 8.47. The van der Waals surface area contributed by atoms with Gasteiger partial charge < -0.3 is 9.79 Å². The quantitative estimate of drug-likeness (QED) is 0.450. The van der Waals surface area contributed by atoms with Gasteiger partial charge in [-0.2, -0.15) is 0 Å². The standard InChI is InChI=1S/C5H16NO2PSi/c1-10(2,3)5-4-6-9(7)8/h6-8H,4-5H2,1-3H3. The van der Waals surface area contributed by atoms with Crippen LogP contribution < -0.4 is 5.09 Å². The van der Waals surface area contributed by atoms with E-state index in [-0.39, 0.29) is 0 Å². The third-order valence-electron chi connectivity index (χ3n) is 1.13. The third-order valence-corrected chi connectivity index (χ3v) is 3.38. The first kappa shape index (κ1) is 10.5. The lowest BCUT2D eigenvalue weighted by atomic mass is 10.8. The first-order chi connectivity index (χ1) is 4.42. The van der Waals surface area contributed by atoms with E-state index in [1.54, 1.807) is 0 Å². The maximum absolute atomic E-state index is 8.47. The van der Waals surface area contributed by atoms with E-state index in [2.05, 4.69) is 24.7 Å². The van der Waals surface area contributed by atoms with Gasteiger partial charge in [-0.05, 0) is 6.04 Å². The maximum Gasteiger partial charge on any atom is 0.250 e. The molecule has 0 radical (unpaired) electrons. The summed E-state index contributed by atoms with van der Waals surface area (Å²) in [6, 6.07) is 1.09. The van der Waals surface area contributed by atoms with Crippen LogP contribution in [0.4, 0.5) is 0 Å². The van der Waals surface area contributed by atoms with Gasteiger partial charge in [0.1, 0.15) is 0 Å². The van der Waals surface area contributed by atoms with Gasteiger partial charge in [-0.1, -0.05) is 19.6 Å². The van der Waals surface area contributed by atoms with Crippen LogP contribution in [0.1, 0.15) is 0 Å². The van der Waals surface area contributed by atoms with Crippen LogP contribution >= 0.6 is 8.53 Å². The van der Waals surface area contributed by atoms with Gasteiger partial charge in [-0.15, -0.1) is 0 Å². The molecule has 10 heavy (non-hydrogen) atoms. The highest BCUT2D eigenvalue weighted by Crippen LogP contribution is 2.16. The molecular weight excluding hydrogens is 165 g/mol. The van der Waals surface area contributed by atoms with Crippen LogP contribution in [0.5, 0.6) is 0 Å². The van der Waals surface area contributed by atoms with Gasteiger partial charge in [-0.3, -0.25) is 5.09 Å². The molecule has 0 aliphatic heterocycles. The van der Waals surface area contributed by atoms with Crippen LogP contribution in [-0.2, 0) is 0 Å². The summed E-state index contributed by atoms with van der Waals surface area (Å²) in [5.41, 5.74) is 0. The van der Waals surface area contributed by atoms with Crippen LogP contribution in [0.2, 0.25) is 25.7 Å². The fourth-order valence-corrected chi connectivity index (χ4v) is 1.93. The van der Waals surface area contributed by atoms with E-state index in [9.17, 15) is 0 Å². The van der Waals surface area contributed by atoms with E-state index < -0.39 is 16.6 Å². The summed E-state index contributed by atoms with van der Waals surface area (Å²) in [6.07, 6.45) is 0. The molecule has 0 unspecified atom stereocenters. The molecule has 0 rings (SSSR count). The Morgan fingerprint density at radius 1 is 1.30 bits per heavy atom. The van der Waals surface area contributed by atoms with Crippen molar-refractivity contribution in [1.29, 1.82) is 0 Å². The lowest BCUT2D eigenvalue weighted by molar-refractivity contribution is 0.467. The Balaban J connectivity index is 3.21. The fourth-order valence-electron chi connectivity index (χ4n) is 0.531. The van der Waals surface area contributed by atoms with Crippen molar-refractivity contribution in [2.75, 3.05) is 6.54 Å². The van der Waals surface area contributed by atoms with E-state index >= 15 is 0 Å². The summed E-state index contributed by atoms with van der Waals surface area (Å²) in [5, 5.41) is 2.61. The lowest BCUT2D eigenvalue weighted by Gasteiger charge is -2.15. The molecule has 0 saturated carbocycles. The van der Waals surface area contributed by atoms with Crippen molar-refractivity contribution in [3.8, 4) is 0 Å². The summed E-state index contributed by atoms with van der Waals surface area (Å²) in [4.78, 5) is 16.9. The predicted octanol–water partition coefficient (Wildman–Crippen LogP) is 1.13. The van der Waals surface area contributed by atoms with Crippen molar-refractivity contribution >= 4 is 16.6 Å². The van der Waals surface area contributed by atoms with Gasteiger partial charge in [0.25, 0.3) is 0 Å². The Morgan fingerprint density at radius 3 is 2.10 bits per heavy atom. The molecule has 0 bridgehead atoms. The number of hydrogen-bond donors (Lipinski definition) is 3. The molecule has 0 aromatic rings. The molecule has 0 atom stereocenters. The van der Waals surface area contributed by atoms with Crippen molar-refractivity contribution in [3.05, 3.63) is 0 Å². The van der Waals surface area contributed by atoms with E-state index in [1.165, 1.54) is 0 Å². The van der Waals surface area contributed by atoms with E-state index in [0.29, 0.717) is 0 Å². The molecule has 0 amide bonds. The number of nitrogens with one attached hydrogen (secondary N) is 1. The van der Waals surface area contributed by atoms with Crippen molar-refractivity contribution in [1.82, 2.24) is 5.09 Å². The number of rotatable bonds is 4. The second kappa shape index (κ2) is 4.41. The average molecular weight is 181 g/mol. The molecule has 0 aliphatic carbocycles. The molecule has 0 heterocycles. The summed E-state index contributed by atoms with van der Waals surface area (Å²) < 4.78 is 0. The summed E-state index contributed by atoms with van der Waals surface area (Å²) in [7, 11) is -2.88. The SMILES string of the molecule is C[Si](C)(C)CCNP(O)O. The van der Waals surface area contributed by atoms with Crippen molar-refractivity contribution in [3.63, 3.8) is 0 Å². The van der Waals surface area contributed by atoms with Gasteiger partial charge in [0.05, 0.1) is 0 Å². The highest BCUT2D eigenvalue weighted by molar-refractivity contribution is 7.42. The molecular formula is C5H16NO2PSi. The van der Waals surface area contributed by atoms with Gasteiger partial charge in [0.2, 0.25) is 8.53 Å². The van der Waals surface area contributed by atoms with Crippen molar-refractivity contribution in [2.24, 2.45) is 0 Å². The Hall–Kier alpha value is 0.527. The molecule has 3 N–H and O–H groups in total. The van der Waals surface area contributed by atoms with Crippen molar-refractivity contribution in [2.45, 2.75) is 25.7 Å². The van der Waals surface area contributed by atoms with E-state index in [1.807, 2.05) is 0 Å². The third kappa shape index (κ3) is 8.53. The zero-order valence-corrected chi connectivity index (χ0v) is 8.65. The van der Waals surface area contributed by atoms with Crippen LogP contribution in [0.25, 0.3) is 0 Å². The lowest BCUT2D eigenvalue weighted by Crippen LogP contribution is -2.24. The summed E-state index contributed by atoms with van der Waals surface area (Å²) >= 11 is 0. The first-order valence-corrected chi connectivity index (χ1v) is 8.29. The Bertz CT molecular complexity index is 94.1. The minimum Gasteiger partial charge on any atom is -0.338 e. The first-order valence-electron chi connectivity index (χ1n) is 3.33. The van der Waals surface area contributed by atoms with Crippen LogP contribution in [-0.4, -0.2) is 24.4 Å². The molecule has 0 spiro atoms. The molecule has 0 aliphatic rings. The van der Waals surface area contributed by atoms with Gasteiger partial charge in [0, 0.05) is 14.6 Å². The van der Waals surface area contributed by atoms with Crippen LogP contribution in [0, 0.1) is 0 Å². The monoisotopic (exact) mass is 181 g/mol. The average Bonchev–Trinajstić information content (AvgIpc) is 1.59. The van der Waals surface area contributed by atoms with E-state index in [4.69, 9.17) is 9.79 Å². The largest absolute Gasteiger partial charge is 0.338 e. The minimum absolute atomic E-state index is 0.731. The normalized spacial score (nSPS) is 12.6. The van der Waals surface area contributed by atoms with Gasteiger partial charge in [0.15, 0.2) is 0 Å². The summed E-state index contributed by atoms with van der Waals surface area (Å²) in [6.45, 7) is 7.50. The molecule has 0 fully saturated rings. The fraction of sp³-hybridized carbons (Fsp3) is 1.00. The van der Waals surface area contributed by atoms with Crippen LogP contribution in [0.3, 0.4) is 0 Å². The second-order valence-corrected chi connectivity index (χ2v) is 10.0. The second-order valence-electron chi connectivity index (χ2n) is 3.51. The molecule has 0 aromatic carbocycles. The zero-order valence-electron chi connectivity index (χ0n) is 6.76. The summed E-state index contributed by atoms with van der Waals surface area (Å²) in [5.74, 6) is 0. The topological polar surface area (TPSA) is 52.5 Å². The smallest absolute Gasteiger partial charge is 0.250 e. The van der Waals surface area contributed by atoms with E-state index in [0.717, 1.165) is 12.6 Å². The highest BCUT2D eigenvalue weighted by Gasteiger charge is 2.12. The Morgan fingerprint density at radius 2 is 1.80 bits per heavy atom. The van der Waals surface area contributed by atoms with Gasteiger partial charge in [-0.25, -0.2) is 0 Å². The Kier molecular flexibility index (Phi) is 4.65. The van der Waals surface area contributed by atoms with Crippen LogP contribution in [0.15, 0.2) is 0 Å². The van der Waals surface area contributed by atoms with Crippen molar-refractivity contribution < 1.29 is 9.79 Å². The Labute approximate surface area is 64.4 Å². The molecule has 0 aromatic heterocycles. The number of hydrogen-bond acceptors (Lipinski definition) is 3. The molecule has 0 saturated heterocycles.